The van der Waals surface area contributed by atoms with Gasteiger partial charge in [0.25, 0.3) is 0 Å². The van der Waals surface area contributed by atoms with Crippen LogP contribution in [0, 0.1) is 13.8 Å². The molecule has 2 aromatic rings. The molecule has 0 fully saturated rings. The molecule has 22 heavy (non-hydrogen) atoms. The van der Waals surface area contributed by atoms with Crippen LogP contribution in [0.25, 0.3) is 6.20 Å². The van der Waals surface area contributed by atoms with Crippen molar-refractivity contribution in [2.45, 2.75) is 26.9 Å². The summed E-state index contributed by atoms with van der Waals surface area (Å²) < 4.78 is 7.54. The second-order valence-corrected chi connectivity index (χ2v) is 5.91. The second-order valence-electron chi connectivity index (χ2n) is 5.91. The summed E-state index contributed by atoms with van der Waals surface area (Å²) >= 11 is 0. The highest BCUT2D eigenvalue weighted by Gasteiger charge is 2.13. The van der Waals surface area contributed by atoms with E-state index in [1.807, 2.05) is 23.9 Å². The van der Waals surface area contributed by atoms with Gasteiger partial charge in [0.05, 0.1) is 12.7 Å². The third kappa shape index (κ3) is 4.32. The number of furan rings is 1. The van der Waals surface area contributed by atoms with E-state index >= 15 is 0 Å². The first-order valence-electron chi connectivity index (χ1n) is 7.57. The quantitative estimate of drug-likeness (QED) is 0.751. The van der Waals surface area contributed by atoms with Crippen molar-refractivity contribution in [3.63, 3.8) is 0 Å². The van der Waals surface area contributed by atoms with Crippen molar-refractivity contribution in [3.05, 3.63) is 47.7 Å². The third-order valence-corrected chi connectivity index (χ3v) is 3.75. The van der Waals surface area contributed by atoms with Crippen LogP contribution in [-0.4, -0.2) is 46.8 Å². The van der Waals surface area contributed by atoms with E-state index in [1.54, 1.807) is 6.20 Å². The second kappa shape index (κ2) is 7.42. The molecule has 0 aliphatic rings. The molecular formula is C17H26N4O. The van der Waals surface area contributed by atoms with Crippen LogP contribution in [0.1, 0.15) is 22.8 Å². The SMILES string of the molecule is C=Cn1ncc(CN(CCN(C)C)Cc2ccc(C)o2)c1C. The molecule has 0 saturated heterocycles. The van der Waals surface area contributed by atoms with Gasteiger partial charge in [-0.3, -0.25) is 4.90 Å². The van der Waals surface area contributed by atoms with Gasteiger partial charge in [-0.15, -0.1) is 0 Å². The number of hydrogen-bond acceptors (Lipinski definition) is 4. The summed E-state index contributed by atoms with van der Waals surface area (Å²) in [5, 5.41) is 4.33. The summed E-state index contributed by atoms with van der Waals surface area (Å²) in [6.07, 6.45) is 3.66. The summed E-state index contributed by atoms with van der Waals surface area (Å²) in [6.45, 7) is 11.5. The van der Waals surface area contributed by atoms with Crippen molar-refractivity contribution in [1.82, 2.24) is 19.6 Å². The Morgan fingerprint density at radius 1 is 1.23 bits per heavy atom. The van der Waals surface area contributed by atoms with Crippen molar-refractivity contribution in [2.75, 3.05) is 27.2 Å². The van der Waals surface area contributed by atoms with Crippen LogP contribution in [0.5, 0.6) is 0 Å². The average Bonchev–Trinajstić information content (AvgIpc) is 3.03. The van der Waals surface area contributed by atoms with Crippen LogP contribution in [0.3, 0.4) is 0 Å². The molecule has 5 nitrogen and oxygen atoms in total. The Bertz CT molecular complexity index is 612. The Morgan fingerprint density at radius 3 is 2.55 bits per heavy atom. The topological polar surface area (TPSA) is 37.4 Å². The average molecular weight is 302 g/mol. The van der Waals surface area contributed by atoms with Crippen molar-refractivity contribution >= 4 is 6.20 Å². The van der Waals surface area contributed by atoms with E-state index in [4.69, 9.17) is 4.42 Å². The van der Waals surface area contributed by atoms with E-state index in [0.717, 1.165) is 43.4 Å². The van der Waals surface area contributed by atoms with Gasteiger partial charge in [-0.25, -0.2) is 4.68 Å². The number of rotatable bonds is 8. The third-order valence-electron chi connectivity index (χ3n) is 3.75. The Kier molecular flexibility index (Phi) is 5.57. The highest BCUT2D eigenvalue weighted by atomic mass is 16.3. The van der Waals surface area contributed by atoms with Gasteiger partial charge in [-0.2, -0.15) is 5.10 Å². The molecule has 0 aromatic carbocycles. The van der Waals surface area contributed by atoms with Gasteiger partial charge < -0.3 is 9.32 Å². The highest BCUT2D eigenvalue weighted by Crippen LogP contribution is 2.15. The molecule has 2 aromatic heterocycles. The Morgan fingerprint density at radius 2 is 2.00 bits per heavy atom. The maximum atomic E-state index is 5.72. The van der Waals surface area contributed by atoms with Crippen LogP contribution in [0.2, 0.25) is 0 Å². The molecule has 0 aliphatic heterocycles. The molecule has 0 radical (unpaired) electrons. The Hall–Kier alpha value is -1.85. The molecule has 2 heterocycles. The summed E-state index contributed by atoms with van der Waals surface area (Å²) in [7, 11) is 4.19. The fourth-order valence-electron chi connectivity index (χ4n) is 2.39. The number of hydrogen-bond donors (Lipinski definition) is 0. The fraction of sp³-hybridized carbons (Fsp3) is 0.471. The molecule has 0 atom stereocenters. The lowest BCUT2D eigenvalue weighted by Crippen LogP contribution is -2.31. The Labute approximate surface area is 132 Å². The number of nitrogens with zero attached hydrogens (tertiary/aromatic N) is 4. The summed E-state index contributed by atoms with van der Waals surface area (Å²) in [6, 6.07) is 4.07. The molecular weight excluding hydrogens is 276 g/mol. The van der Waals surface area contributed by atoms with Crippen molar-refractivity contribution in [1.29, 1.82) is 0 Å². The summed E-state index contributed by atoms with van der Waals surface area (Å²) in [5.74, 6) is 1.96. The minimum absolute atomic E-state index is 0.806. The largest absolute Gasteiger partial charge is 0.465 e. The van der Waals surface area contributed by atoms with E-state index in [0.29, 0.717) is 0 Å². The number of likely N-dealkylation sites (N-methyl/N-ethyl adjacent to an activating group) is 1. The molecule has 0 spiro atoms. The lowest BCUT2D eigenvalue weighted by atomic mass is 10.2. The van der Waals surface area contributed by atoms with Crippen molar-refractivity contribution < 1.29 is 4.42 Å². The van der Waals surface area contributed by atoms with Crippen LogP contribution < -0.4 is 0 Å². The van der Waals surface area contributed by atoms with Gasteiger partial charge in [0, 0.05) is 37.1 Å². The van der Waals surface area contributed by atoms with Crippen LogP contribution in [0.4, 0.5) is 0 Å². The lowest BCUT2D eigenvalue weighted by Gasteiger charge is -2.23. The van der Waals surface area contributed by atoms with E-state index < -0.39 is 0 Å². The normalized spacial score (nSPS) is 11.5. The molecule has 5 heteroatoms. The van der Waals surface area contributed by atoms with E-state index in [2.05, 4.69) is 48.6 Å². The smallest absolute Gasteiger partial charge is 0.118 e. The maximum absolute atomic E-state index is 5.72. The highest BCUT2D eigenvalue weighted by molar-refractivity contribution is 5.26. The zero-order chi connectivity index (χ0) is 16.1. The van der Waals surface area contributed by atoms with E-state index in [-0.39, 0.29) is 0 Å². The molecule has 0 unspecified atom stereocenters. The monoisotopic (exact) mass is 302 g/mol. The van der Waals surface area contributed by atoms with Crippen molar-refractivity contribution in [2.24, 2.45) is 0 Å². The van der Waals surface area contributed by atoms with Gasteiger partial charge >= 0.3 is 0 Å². The first-order chi connectivity index (χ1) is 10.5. The number of aryl methyl sites for hydroxylation is 1. The molecule has 120 valence electrons. The van der Waals surface area contributed by atoms with Gasteiger partial charge in [-0.05, 0) is 40.1 Å². The van der Waals surface area contributed by atoms with Gasteiger partial charge in [0.2, 0.25) is 0 Å². The lowest BCUT2D eigenvalue weighted by molar-refractivity contribution is 0.209. The standard InChI is InChI=1S/C17H26N4O/c1-6-21-15(3)16(11-18-21)12-20(10-9-19(4)5)13-17-8-7-14(2)22-17/h6-8,11H,1,9-10,12-13H2,2-5H3. The zero-order valence-corrected chi connectivity index (χ0v) is 14.0. The van der Waals surface area contributed by atoms with E-state index in [1.165, 1.54) is 5.56 Å². The minimum atomic E-state index is 0.806. The summed E-state index contributed by atoms with van der Waals surface area (Å²) in [4.78, 5) is 4.58. The van der Waals surface area contributed by atoms with Gasteiger partial charge in [0.15, 0.2) is 0 Å². The number of aromatic nitrogens is 2. The molecule has 0 aliphatic carbocycles. The molecule has 2 rings (SSSR count). The molecule has 0 bridgehead atoms. The zero-order valence-electron chi connectivity index (χ0n) is 14.0. The predicted octanol–water partition coefficient (Wildman–Crippen LogP) is 2.76. The molecule has 0 saturated carbocycles. The van der Waals surface area contributed by atoms with Crippen LogP contribution >= 0.6 is 0 Å². The van der Waals surface area contributed by atoms with Crippen molar-refractivity contribution in [3.8, 4) is 0 Å². The van der Waals surface area contributed by atoms with Gasteiger partial charge in [-0.1, -0.05) is 6.58 Å². The fourth-order valence-corrected chi connectivity index (χ4v) is 2.39. The minimum Gasteiger partial charge on any atom is -0.465 e. The molecule has 0 N–H and O–H groups in total. The van der Waals surface area contributed by atoms with Gasteiger partial charge in [0.1, 0.15) is 11.5 Å². The maximum Gasteiger partial charge on any atom is 0.118 e. The Balaban J connectivity index is 2.09. The first-order valence-corrected chi connectivity index (χ1v) is 7.57. The first kappa shape index (κ1) is 16.5. The predicted molar refractivity (Wildman–Crippen MR) is 89.5 cm³/mol. The summed E-state index contributed by atoms with van der Waals surface area (Å²) in [5.41, 5.74) is 2.36. The van der Waals surface area contributed by atoms with Crippen LogP contribution in [-0.2, 0) is 13.1 Å². The molecule has 0 amide bonds. The van der Waals surface area contributed by atoms with E-state index in [9.17, 15) is 0 Å². The van der Waals surface area contributed by atoms with Crippen LogP contribution in [0.15, 0.2) is 29.3 Å².